The van der Waals surface area contributed by atoms with Gasteiger partial charge in [-0.15, -0.1) is 0 Å². The topological polar surface area (TPSA) is 34.2 Å². The van der Waals surface area contributed by atoms with Crippen molar-refractivity contribution in [1.82, 2.24) is 10.3 Å². The number of methoxy groups -OCH3 is 1. The lowest BCUT2D eigenvalue weighted by Crippen LogP contribution is -2.18. The van der Waals surface area contributed by atoms with E-state index in [2.05, 4.69) is 16.4 Å². The zero-order chi connectivity index (χ0) is 13.8. The molecule has 2 rings (SSSR count). The van der Waals surface area contributed by atoms with Crippen LogP contribution in [0, 0.1) is 6.92 Å². The molecule has 0 fully saturated rings. The first-order valence-electron chi connectivity index (χ1n) is 6.07. The smallest absolute Gasteiger partial charge is 0.137 e. The summed E-state index contributed by atoms with van der Waals surface area (Å²) >= 11 is 6.13. The van der Waals surface area contributed by atoms with Crippen molar-refractivity contribution in [2.24, 2.45) is 0 Å². The van der Waals surface area contributed by atoms with Gasteiger partial charge in [0.1, 0.15) is 5.75 Å². The van der Waals surface area contributed by atoms with E-state index in [-0.39, 0.29) is 6.04 Å². The summed E-state index contributed by atoms with van der Waals surface area (Å²) in [6, 6.07) is 8.05. The summed E-state index contributed by atoms with van der Waals surface area (Å²) in [6.07, 6.45) is 3.53. The van der Waals surface area contributed by atoms with Crippen molar-refractivity contribution in [3.63, 3.8) is 0 Å². The van der Waals surface area contributed by atoms with Gasteiger partial charge in [0.05, 0.1) is 19.3 Å². The van der Waals surface area contributed by atoms with Gasteiger partial charge in [0.25, 0.3) is 0 Å². The lowest BCUT2D eigenvalue weighted by atomic mass is 9.98. The van der Waals surface area contributed by atoms with E-state index in [1.807, 2.05) is 38.4 Å². The fourth-order valence-electron chi connectivity index (χ4n) is 2.16. The number of pyridine rings is 1. The molecule has 0 aliphatic carbocycles. The number of halogens is 1. The Hall–Kier alpha value is -1.58. The van der Waals surface area contributed by atoms with Crippen LogP contribution in [0.15, 0.2) is 36.7 Å². The summed E-state index contributed by atoms with van der Waals surface area (Å²) in [7, 11) is 3.55. The number of hydrogen-bond donors (Lipinski definition) is 1. The van der Waals surface area contributed by atoms with Gasteiger partial charge < -0.3 is 10.1 Å². The van der Waals surface area contributed by atoms with E-state index in [4.69, 9.17) is 16.3 Å². The molecular weight excluding hydrogens is 260 g/mol. The number of nitrogens with one attached hydrogen (secondary N) is 1. The molecule has 1 unspecified atom stereocenters. The van der Waals surface area contributed by atoms with Crippen LogP contribution in [0.2, 0.25) is 5.02 Å². The summed E-state index contributed by atoms with van der Waals surface area (Å²) in [4.78, 5) is 4.20. The summed E-state index contributed by atoms with van der Waals surface area (Å²) in [5.74, 6) is 0.747. The molecule has 1 aromatic carbocycles. The Kier molecular flexibility index (Phi) is 4.40. The van der Waals surface area contributed by atoms with Crippen molar-refractivity contribution >= 4 is 11.6 Å². The molecule has 19 heavy (non-hydrogen) atoms. The monoisotopic (exact) mass is 276 g/mol. The molecule has 100 valence electrons. The Bertz CT molecular complexity index is 552. The van der Waals surface area contributed by atoms with Crippen molar-refractivity contribution in [3.8, 4) is 5.75 Å². The standard InChI is InChI=1S/C15H17ClN2O/c1-10-4-11(6-13(16)5-10)15(17-2)12-7-14(19-3)9-18-8-12/h4-9,15,17H,1-3H3. The molecule has 1 atom stereocenters. The van der Waals surface area contributed by atoms with Crippen LogP contribution in [-0.4, -0.2) is 19.1 Å². The Balaban J connectivity index is 2.43. The minimum Gasteiger partial charge on any atom is -0.495 e. The quantitative estimate of drug-likeness (QED) is 0.930. The highest BCUT2D eigenvalue weighted by Gasteiger charge is 2.14. The van der Waals surface area contributed by atoms with Crippen molar-refractivity contribution in [3.05, 3.63) is 58.4 Å². The number of nitrogens with zero attached hydrogens (tertiary/aromatic N) is 1. The van der Waals surface area contributed by atoms with E-state index in [1.165, 1.54) is 0 Å². The van der Waals surface area contributed by atoms with Gasteiger partial charge in [0.15, 0.2) is 0 Å². The molecule has 1 N–H and O–H groups in total. The van der Waals surface area contributed by atoms with Crippen LogP contribution in [-0.2, 0) is 0 Å². The lowest BCUT2D eigenvalue weighted by Gasteiger charge is -2.18. The van der Waals surface area contributed by atoms with Gasteiger partial charge in [0, 0.05) is 11.2 Å². The molecule has 0 saturated carbocycles. The van der Waals surface area contributed by atoms with Crippen LogP contribution < -0.4 is 10.1 Å². The molecule has 1 heterocycles. The average molecular weight is 277 g/mol. The second kappa shape index (κ2) is 6.04. The maximum Gasteiger partial charge on any atom is 0.137 e. The van der Waals surface area contributed by atoms with E-state index < -0.39 is 0 Å². The van der Waals surface area contributed by atoms with Crippen LogP contribution in [0.5, 0.6) is 5.75 Å². The fourth-order valence-corrected chi connectivity index (χ4v) is 2.46. The SMILES string of the molecule is CNC(c1cc(C)cc(Cl)c1)c1cncc(OC)c1. The molecule has 0 bridgehead atoms. The number of benzene rings is 1. The number of hydrogen-bond acceptors (Lipinski definition) is 3. The van der Waals surface area contributed by atoms with Crippen LogP contribution in [0.1, 0.15) is 22.7 Å². The predicted octanol–water partition coefficient (Wildman–Crippen LogP) is 3.36. The second-order valence-corrected chi connectivity index (χ2v) is 4.88. The van der Waals surface area contributed by atoms with Gasteiger partial charge in [-0.05, 0) is 48.9 Å². The van der Waals surface area contributed by atoms with E-state index in [0.29, 0.717) is 0 Å². The van der Waals surface area contributed by atoms with E-state index in [9.17, 15) is 0 Å². The third kappa shape index (κ3) is 3.25. The molecule has 2 aromatic rings. The molecule has 1 aromatic heterocycles. The summed E-state index contributed by atoms with van der Waals surface area (Å²) in [5.41, 5.74) is 3.30. The molecule has 0 spiro atoms. The van der Waals surface area contributed by atoms with E-state index in [1.54, 1.807) is 13.3 Å². The maximum absolute atomic E-state index is 6.13. The minimum atomic E-state index is 0.0417. The summed E-state index contributed by atoms with van der Waals surface area (Å²) < 4.78 is 5.22. The molecule has 0 aliphatic rings. The van der Waals surface area contributed by atoms with Gasteiger partial charge in [-0.3, -0.25) is 4.98 Å². The first-order chi connectivity index (χ1) is 9.13. The predicted molar refractivity (Wildman–Crippen MR) is 77.9 cm³/mol. The molecular formula is C15H17ClN2O. The normalized spacial score (nSPS) is 12.2. The van der Waals surface area contributed by atoms with Gasteiger partial charge >= 0.3 is 0 Å². The zero-order valence-corrected chi connectivity index (χ0v) is 12.0. The van der Waals surface area contributed by atoms with Crippen LogP contribution in [0.3, 0.4) is 0 Å². The lowest BCUT2D eigenvalue weighted by molar-refractivity contribution is 0.411. The van der Waals surface area contributed by atoms with E-state index in [0.717, 1.165) is 27.5 Å². The van der Waals surface area contributed by atoms with Crippen molar-refractivity contribution < 1.29 is 4.74 Å². The van der Waals surface area contributed by atoms with Gasteiger partial charge in [-0.2, -0.15) is 0 Å². The summed E-state index contributed by atoms with van der Waals surface area (Å²) in [6.45, 7) is 2.03. The van der Waals surface area contributed by atoms with E-state index >= 15 is 0 Å². The van der Waals surface area contributed by atoms with Gasteiger partial charge in [0.2, 0.25) is 0 Å². The Labute approximate surface area is 118 Å². The third-order valence-electron chi connectivity index (χ3n) is 2.99. The Morgan fingerprint density at radius 1 is 1.16 bits per heavy atom. The average Bonchev–Trinajstić information content (AvgIpc) is 2.39. The first-order valence-corrected chi connectivity index (χ1v) is 6.45. The molecule has 0 amide bonds. The summed E-state index contributed by atoms with van der Waals surface area (Å²) in [5, 5.41) is 4.03. The van der Waals surface area contributed by atoms with Crippen LogP contribution in [0.4, 0.5) is 0 Å². The van der Waals surface area contributed by atoms with Crippen molar-refractivity contribution in [2.45, 2.75) is 13.0 Å². The first kappa shape index (κ1) is 13.8. The highest BCUT2D eigenvalue weighted by Crippen LogP contribution is 2.26. The number of ether oxygens (including phenoxy) is 1. The number of aryl methyl sites for hydroxylation is 1. The largest absolute Gasteiger partial charge is 0.495 e. The Morgan fingerprint density at radius 2 is 1.95 bits per heavy atom. The number of aromatic nitrogens is 1. The minimum absolute atomic E-state index is 0.0417. The Morgan fingerprint density at radius 3 is 2.58 bits per heavy atom. The second-order valence-electron chi connectivity index (χ2n) is 4.44. The van der Waals surface area contributed by atoms with Gasteiger partial charge in [-0.25, -0.2) is 0 Å². The molecule has 3 nitrogen and oxygen atoms in total. The highest BCUT2D eigenvalue weighted by molar-refractivity contribution is 6.30. The number of rotatable bonds is 4. The van der Waals surface area contributed by atoms with Crippen molar-refractivity contribution in [2.75, 3.05) is 14.2 Å². The molecule has 0 aliphatic heterocycles. The molecule has 4 heteroatoms. The maximum atomic E-state index is 6.13. The molecule has 0 saturated heterocycles. The van der Waals surface area contributed by atoms with Crippen LogP contribution >= 0.6 is 11.6 Å². The van der Waals surface area contributed by atoms with Gasteiger partial charge in [-0.1, -0.05) is 17.7 Å². The van der Waals surface area contributed by atoms with Crippen LogP contribution in [0.25, 0.3) is 0 Å². The zero-order valence-electron chi connectivity index (χ0n) is 11.3. The highest BCUT2D eigenvalue weighted by atomic mass is 35.5. The third-order valence-corrected chi connectivity index (χ3v) is 3.21. The fraction of sp³-hybridized carbons (Fsp3) is 0.267. The van der Waals surface area contributed by atoms with Crippen molar-refractivity contribution in [1.29, 1.82) is 0 Å². The molecule has 0 radical (unpaired) electrons.